The largest absolute Gasteiger partial charge is 0.493 e. The third kappa shape index (κ3) is 4.70. The van der Waals surface area contributed by atoms with Gasteiger partial charge in [0, 0.05) is 12.4 Å². The van der Waals surface area contributed by atoms with Crippen molar-refractivity contribution in [3.63, 3.8) is 0 Å². The Morgan fingerprint density at radius 3 is 2.50 bits per heavy atom. The van der Waals surface area contributed by atoms with Crippen molar-refractivity contribution >= 4 is 49.8 Å². The number of hydrogen-bond acceptors (Lipinski definition) is 5. The quantitative estimate of drug-likeness (QED) is 0.528. The topological polar surface area (TPSA) is 104 Å². The highest BCUT2D eigenvalue weighted by atomic mass is 35.5. The number of rotatable bonds is 5. The van der Waals surface area contributed by atoms with Crippen LogP contribution in [-0.4, -0.2) is 36.8 Å². The van der Waals surface area contributed by atoms with Gasteiger partial charge >= 0.3 is 6.18 Å². The van der Waals surface area contributed by atoms with E-state index in [1.54, 1.807) is 31.3 Å². The molecule has 0 bridgehead atoms. The lowest BCUT2D eigenvalue weighted by molar-refractivity contribution is -0.137. The van der Waals surface area contributed by atoms with Crippen LogP contribution in [0.25, 0.3) is 10.9 Å². The number of sulfonamides is 1. The number of hydrogen-bond donors (Lipinski definition) is 1. The molecule has 1 aromatic heterocycles. The van der Waals surface area contributed by atoms with Crippen molar-refractivity contribution in [3.05, 3.63) is 53.1 Å². The van der Waals surface area contributed by atoms with Crippen molar-refractivity contribution in [2.24, 2.45) is 17.3 Å². The SMILES string of the molecule is Cn1c(O)c(N=NC(=O)CN(c2ccc(Cl)c(C(F)(F)F)c2)S(C)(=O)=O)c2ccccc21. The van der Waals surface area contributed by atoms with E-state index in [0.29, 0.717) is 21.3 Å². The molecule has 1 amide bonds. The Kier molecular flexibility index (Phi) is 6.20. The van der Waals surface area contributed by atoms with Crippen molar-refractivity contribution in [1.82, 2.24) is 4.57 Å². The van der Waals surface area contributed by atoms with Crippen molar-refractivity contribution in [3.8, 4) is 5.88 Å². The molecular formula is C19H16ClF3N4O4S. The molecule has 3 aromatic rings. The summed E-state index contributed by atoms with van der Waals surface area (Å²) in [6, 6.07) is 9.23. The van der Waals surface area contributed by atoms with Crippen LogP contribution in [0.3, 0.4) is 0 Å². The molecule has 0 aliphatic rings. The Labute approximate surface area is 185 Å². The van der Waals surface area contributed by atoms with Gasteiger partial charge in [0.25, 0.3) is 5.91 Å². The van der Waals surface area contributed by atoms with Crippen LogP contribution in [0.4, 0.5) is 24.5 Å². The van der Waals surface area contributed by atoms with Gasteiger partial charge in [0.2, 0.25) is 15.9 Å². The minimum Gasteiger partial charge on any atom is -0.493 e. The summed E-state index contributed by atoms with van der Waals surface area (Å²) in [4.78, 5) is 12.3. The lowest BCUT2D eigenvalue weighted by Gasteiger charge is -2.22. The highest BCUT2D eigenvalue weighted by Gasteiger charge is 2.34. The smallest absolute Gasteiger partial charge is 0.417 e. The predicted molar refractivity (Wildman–Crippen MR) is 113 cm³/mol. The third-order valence-electron chi connectivity index (χ3n) is 4.53. The molecule has 0 radical (unpaired) electrons. The Morgan fingerprint density at radius 2 is 1.88 bits per heavy atom. The number of aromatic nitrogens is 1. The first kappa shape index (κ1) is 23.5. The standard InChI is InChI=1S/C19H16ClF3N4O4S/c1-26-15-6-4-3-5-12(15)17(18(26)29)25-24-16(28)10-27(32(2,30)31)11-7-8-14(20)13(9-11)19(21,22)23/h3-9,29H,10H2,1-2H3. The minimum absolute atomic E-state index is 0.00629. The van der Waals surface area contributed by atoms with E-state index in [9.17, 15) is 31.5 Å². The normalized spacial score (nSPS) is 12.6. The molecule has 0 fully saturated rings. The molecule has 3 rings (SSSR count). The Morgan fingerprint density at radius 1 is 1.22 bits per heavy atom. The molecule has 0 aliphatic carbocycles. The second-order valence-electron chi connectivity index (χ2n) is 6.77. The molecule has 2 aromatic carbocycles. The molecule has 1 N–H and O–H groups in total. The second-order valence-corrected chi connectivity index (χ2v) is 9.09. The van der Waals surface area contributed by atoms with E-state index < -0.39 is 44.9 Å². The van der Waals surface area contributed by atoms with Crippen LogP contribution >= 0.6 is 11.6 Å². The molecule has 0 saturated carbocycles. The number of amides is 1. The molecule has 1 heterocycles. The number of para-hydroxylation sites is 1. The minimum atomic E-state index is -4.83. The number of halogens is 4. The number of benzene rings is 2. The zero-order valence-electron chi connectivity index (χ0n) is 16.6. The number of aromatic hydroxyl groups is 1. The van der Waals surface area contributed by atoms with Gasteiger partial charge in [-0.25, -0.2) is 8.42 Å². The van der Waals surface area contributed by atoms with E-state index in [1.807, 2.05) is 0 Å². The molecule has 170 valence electrons. The number of nitrogens with zero attached hydrogens (tertiary/aromatic N) is 4. The van der Waals surface area contributed by atoms with Crippen molar-refractivity contribution in [2.45, 2.75) is 6.18 Å². The van der Waals surface area contributed by atoms with Crippen LogP contribution < -0.4 is 4.31 Å². The van der Waals surface area contributed by atoms with Crippen LogP contribution in [0.1, 0.15) is 5.56 Å². The van der Waals surface area contributed by atoms with Crippen molar-refractivity contribution in [2.75, 3.05) is 17.1 Å². The predicted octanol–water partition coefficient (Wildman–Crippen LogP) is 4.63. The first-order valence-corrected chi connectivity index (χ1v) is 11.1. The lowest BCUT2D eigenvalue weighted by Crippen LogP contribution is -2.34. The maximum absolute atomic E-state index is 13.1. The third-order valence-corrected chi connectivity index (χ3v) is 6.00. The van der Waals surface area contributed by atoms with Crippen LogP contribution in [0, 0.1) is 0 Å². The van der Waals surface area contributed by atoms with Gasteiger partial charge in [-0.2, -0.15) is 13.2 Å². The summed E-state index contributed by atoms with van der Waals surface area (Å²) in [5, 5.41) is 17.3. The Hall–Kier alpha value is -3.12. The number of carbonyl (C=O) groups excluding carboxylic acids is 1. The van der Waals surface area contributed by atoms with Crippen LogP contribution in [0.2, 0.25) is 5.02 Å². The fourth-order valence-electron chi connectivity index (χ4n) is 3.00. The molecule has 0 saturated heterocycles. The van der Waals surface area contributed by atoms with Crippen molar-refractivity contribution < 1.29 is 31.5 Å². The van der Waals surface area contributed by atoms with E-state index in [2.05, 4.69) is 10.2 Å². The summed E-state index contributed by atoms with van der Waals surface area (Å²) in [5.41, 5.74) is -1.06. The van der Waals surface area contributed by atoms with Gasteiger partial charge in [0.05, 0.1) is 28.0 Å². The molecule has 0 atom stereocenters. The fourth-order valence-corrected chi connectivity index (χ4v) is 4.07. The van der Waals surface area contributed by atoms with Crippen LogP contribution in [0.15, 0.2) is 52.7 Å². The van der Waals surface area contributed by atoms with Gasteiger partial charge in [-0.15, -0.1) is 10.2 Å². The average molecular weight is 489 g/mol. The fraction of sp³-hybridized carbons (Fsp3) is 0.211. The number of carbonyl (C=O) groups is 1. The maximum Gasteiger partial charge on any atom is 0.417 e. The highest BCUT2D eigenvalue weighted by Crippen LogP contribution is 2.38. The Bertz CT molecular complexity index is 1340. The molecular weight excluding hydrogens is 473 g/mol. The number of azo groups is 1. The van der Waals surface area contributed by atoms with Gasteiger partial charge in [0.1, 0.15) is 6.54 Å². The number of alkyl halides is 3. The number of fused-ring (bicyclic) bond motifs is 1. The van der Waals surface area contributed by atoms with Crippen LogP contribution in [0.5, 0.6) is 5.88 Å². The molecule has 8 nitrogen and oxygen atoms in total. The molecule has 32 heavy (non-hydrogen) atoms. The number of aryl methyl sites for hydroxylation is 1. The zero-order valence-corrected chi connectivity index (χ0v) is 18.2. The molecule has 13 heteroatoms. The van der Waals surface area contributed by atoms with Gasteiger partial charge in [-0.05, 0) is 24.3 Å². The first-order chi connectivity index (χ1) is 14.8. The summed E-state index contributed by atoms with van der Waals surface area (Å²) >= 11 is 5.57. The van der Waals surface area contributed by atoms with Gasteiger partial charge in [0.15, 0.2) is 5.69 Å². The summed E-state index contributed by atoms with van der Waals surface area (Å²) in [5.74, 6) is -1.33. The van der Waals surface area contributed by atoms with E-state index in [4.69, 9.17) is 11.6 Å². The van der Waals surface area contributed by atoms with Gasteiger partial charge < -0.3 is 9.67 Å². The van der Waals surface area contributed by atoms with Gasteiger partial charge in [-0.3, -0.25) is 9.10 Å². The molecule has 0 unspecified atom stereocenters. The molecule has 0 spiro atoms. The zero-order chi connectivity index (χ0) is 23.8. The Balaban J connectivity index is 1.94. The first-order valence-electron chi connectivity index (χ1n) is 8.86. The van der Waals surface area contributed by atoms with E-state index in [0.717, 1.165) is 18.4 Å². The summed E-state index contributed by atoms with van der Waals surface area (Å²) < 4.78 is 65.7. The van der Waals surface area contributed by atoms with E-state index in [1.165, 1.54) is 4.57 Å². The average Bonchev–Trinajstić information content (AvgIpc) is 2.94. The maximum atomic E-state index is 13.1. The summed E-state index contributed by atoms with van der Waals surface area (Å²) in [6.07, 6.45) is -4.10. The van der Waals surface area contributed by atoms with Crippen LogP contribution in [-0.2, 0) is 28.0 Å². The monoisotopic (exact) mass is 488 g/mol. The second kappa shape index (κ2) is 8.43. The van der Waals surface area contributed by atoms with Crippen molar-refractivity contribution in [1.29, 1.82) is 0 Å². The highest BCUT2D eigenvalue weighted by molar-refractivity contribution is 7.92. The van der Waals surface area contributed by atoms with E-state index in [-0.39, 0.29) is 11.6 Å². The lowest BCUT2D eigenvalue weighted by atomic mass is 10.2. The number of anilines is 1. The summed E-state index contributed by atoms with van der Waals surface area (Å²) in [6.45, 7) is -0.910. The summed E-state index contributed by atoms with van der Waals surface area (Å²) in [7, 11) is -2.59. The molecule has 0 aliphatic heterocycles. The van der Waals surface area contributed by atoms with Gasteiger partial charge in [-0.1, -0.05) is 29.8 Å². The van der Waals surface area contributed by atoms with E-state index >= 15 is 0 Å².